The van der Waals surface area contributed by atoms with Gasteiger partial charge in [0, 0.05) is 17.0 Å². The van der Waals surface area contributed by atoms with Gasteiger partial charge in [0.1, 0.15) is 17.1 Å². The third kappa shape index (κ3) is 6.85. The number of ether oxygens (including phenoxy) is 1. The number of pyridine rings is 1. The van der Waals surface area contributed by atoms with E-state index >= 15 is 0 Å². The zero-order valence-electron chi connectivity index (χ0n) is 20.0. The first-order valence-electron chi connectivity index (χ1n) is 11.6. The normalized spacial score (nSPS) is 17.5. The molecule has 2 aromatic carbocycles. The van der Waals surface area contributed by atoms with Crippen LogP contribution in [-0.2, 0) is 10.0 Å². The summed E-state index contributed by atoms with van der Waals surface area (Å²) in [5.41, 5.74) is 0.246. The van der Waals surface area contributed by atoms with Gasteiger partial charge in [0.25, 0.3) is 5.91 Å². The van der Waals surface area contributed by atoms with Crippen molar-refractivity contribution >= 4 is 27.7 Å². The molecule has 37 heavy (non-hydrogen) atoms. The molecule has 0 aliphatic heterocycles. The number of benzene rings is 2. The van der Waals surface area contributed by atoms with E-state index in [4.69, 9.17) is 10.00 Å². The molecule has 1 aromatic heterocycles. The largest absolute Gasteiger partial charge is 0.438 e. The molecule has 1 aliphatic rings. The third-order valence-corrected chi connectivity index (χ3v) is 8.22. The van der Waals surface area contributed by atoms with Gasteiger partial charge >= 0.3 is 0 Å². The minimum Gasteiger partial charge on any atom is -0.438 e. The molecule has 192 valence electrons. The molecule has 0 radical (unpaired) electrons. The number of nitriles is 1. The summed E-state index contributed by atoms with van der Waals surface area (Å²) < 4.78 is 47.9. The number of halogens is 1. The highest BCUT2D eigenvalue weighted by Gasteiger charge is 2.28. The van der Waals surface area contributed by atoms with Crippen LogP contribution in [0.4, 0.5) is 4.39 Å². The van der Waals surface area contributed by atoms with Crippen LogP contribution in [-0.4, -0.2) is 37.6 Å². The third-order valence-electron chi connectivity index (χ3n) is 5.98. The maximum Gasteiger partial charge on any atom is 0.257 e. The summed E-state index contributed by atoms with van der Waals surface area (Å²) in [6, 6.07) is 15.6. The van der Waals surface area contributed by atoms with E-state index in [0.717, 1.165) is 17.2 Å². The van der Waals surface area contributed by atoms with Crippen LogP contribution in [0.15, 0.2) is 70.6 Å². The van der Waals surface area contributed by atoms with E-state index in [2.05, 4.69) is 15.0 Å². The number of nitrogens with zero attached hydrogens (tertiary/aromatic N) is 2. The summed E-state index contributed by atoms with van der Waals surface area (Å²) in [5, 5.41) is 11.9. The molecule has 8 nitrogen and oxygen atoms in total. The number of sulfonamides is 1. The molecule has 1 fully saturated rings. The molecule has 0 atom stereocenters. The number of hydrogen-bond donors (Lipinski definition) is 2. The second-order valence-electron chi connectivity index (χ2n) is 8.57. The first-order chi connectivity index (χ1) is 17.8. The van der Waals surface area contributed by atoms with Gasteiger partial charge in [-0.1, -0.05) is 12.1 Å². The molecule has 0 saturated heterocycles. The zero-order valence-corrected chi connectivity index (χ0v) is 21.6. The smallest absolute Gasteiger partial charge is 0.257 e. The average molecular weight is 541 g/mol. The Hall–Kier alpha value is -3.46. The Morgan fingerprint density at radius 2 is 1.84 bits per heavy atom. The molecule has 1 aliphatic carbocycles. The van der Waals surface area contributed by atoms with Crippen molar-refractivity contribution < 1.29 is 22.3 Å². The van der Waals surface area contributed by atoms with Gasteiger partial charge < -0.3 is 10.1 Å². The summed E-state index contributed by atoms with van der Waals surface area (Å²) in [5.74, 6) is -0.694. The van der Waals surface area contributed by atoms with Crippen molar-refractivity contribution in [1.29, 1.82) is 5.26 Å². The van der Waals surface area contributed by atoms with E-state index in [0.29, 0.717) is 31.4 Å². The maximum atomic E-state index is 14.0. The molecule has 3 aromatic rings. The molecule has 0 spiro atoms. The Balaban J connectivity index is 1.38. The van der Waals surface area contributed by atoms with E-state index in [1.807, 2.05) is 24.5 Å². The number of nitrogens with one attached hydrogen (secondary N) is 2. The average Bonchev–Trinajstić information content (AvgIpc) is 2.90. The standard InChI is InChI=1S/C26H25FN4O4S2/c1-36-22-6-3-5-21(14-22)35-26-24(13-18(27)16-29-26)25(32)30-19-8-10-20(11-9-19)31-37(33,34)23-7-2-4-17(12-23)15-28/h2-7,12-14,16,19-20,31H,8-11H2,1H3,(H,30,32). The minimum atomic E-state index is -3.78. The number of rotatable bonds is 8. The van der Waals surface area contributed by atoms with Crippen LogP contribution in [0, 0.1) is 17.1 Å². The van der Waals surface area contributed by atoms with Crippen LogP contribution < -0.4 is 14.8 Å². The van der Waals surface area contributed by atoms with Crippen molar-refractivity contribution in [2.45, 2.75) is 47.6 Å². The molecule has 1 saturated carbocycles. The van der Waals surface area contributed by atoms with Gasteiger partial charge in [-0.25, -0.2) is 22.5 Å². The molecule has 0 unspecified atom stereocenters. The predicted octanol–water partition coefficient (Wildman–Crippen LogP) is 4.63. The number of hydrogen-bond acceptors (Lipinski definition) is 7. The van der Waals surface area contributed by atoms with E-state index in [1.165, 1.54) is 30.0 Å². The monoisotopic (exact) mass is 540 g/mol. The van der Waals surface area contributed by atoms with Gasteiger partial charge in [0.2, 0.25) is 15.9 Å². The summed E-state index contributed by atoms with van der Waals surface area (Å²) in [7, 11) is -3.78. The van der Waals surface area contributed by atoms with E-state index in [-0.39, 0.29) is 34.0 Å². The van der Waals surface area contributed by atoms with Gasteiger partial charge in [0.15, 0.2) is 0 Å². The first kappa shape index (κ1) is 26.6. The van der Waals surface area contributed by atoms with Crippen molar-refractivity contribution in [3.8, 4) is 17.7 Å². The first-order valence-corrected chi connectivity index (χ1v) is 14.3. The molecular formula is C26H25FN4O4S2. The summed E-state index contributed by atoms with van der Waals surface area (Å²) >= 11 is 1.54. The van der Waals surface area contributed by atoms with Crippen LogP contribution >= 0.6 is 11.8 Å². The van der Waals surface area contributed by atoms with Gasteiger partial charge in [0.05, 0.1) is 22.7 Å². The van der Waals surface area contributed by atoms with Crippen molar-refractivity contribution in [3.63, 3.8) is 0 Å². The van der Waals surface area contributed by atoms with Crippen LogP contribution in [0.25, 0.3) is 0 Å². The summed E-state index contributed by atoms with van der Waals surface area (Å²) in [6.45, 7) is 0. The molecule has 11 heteroatoms. The molecule has 1 amide bonds. The fourth-order valence-electron chi connectivity index (χ4n) is 4.09. The summed E-state index contributed by atoms with van der Waals surface area (Å²) in [6.07, 6.45) is 5.01. The molecular weight excluding hydrogens is 515 g/mol. The second kappa shape index (κ2) is 11.7. The van der Waals surface area contributed by atoms with Gasteiger partial charge in [-0.15, -0.1) is 11.8 Å². The number of aromatic nitrogens is 1. The molecule has 1 heterocycles. The van der Waals surface area contributed by atoms with Gasteiger partial charge in [-0.3, -0.25) is 4.79 Å². The van der Waals surface area contributed by atoms with Crippen molar-refractivity contribution in [1.82, 2.24) is 15.0 Å². The van der Waals surface area contributed by atoms with Crippen LogP contribution in [0.1, 0.15) is 41.6 Å². The SMILES string of the molecule is CSc1cccc(Oc2ncc(F)cc2C(=O)NC2CCC(NS(=O)(=O)c3cccc(C#N)c3)CC2)c1. The molecule has 4 rings (SSSR count). The van der Waals surface area contributed by atoms with Gasteiger partial charge in [-0.05, 0) is 74.4 Å². The lowest BCUT2D eigenvalue weighted by Gasteiger charge is -2.29. The highest BCUT2D eigenvalue weighted by molar-refractivity contribution is 7.98. The quantitative estimate of drug-likeness (QED) is 0.400. The maximum absolute atomic E-state index is 14.0. The van der Waals surface area contributed by atoms with Crippen LogP contribution in [0.3, 0.4) is 0 Å². The molecule has 2 N–H and O–H groups in total. The Bertz CT molecular complexity index is 1430. The Morgan fingerprint density at radius 3 is 2.57 bits per heavy atom. The van der Waals surface area contributed by atoms with Gasteiger partial charge in [-0.2, -0.15) is 5.26 Å². The lowest BCUT2D eigenvalue weighted by molar-refractivity contribution is 0.0921. The second-order valence-corrected chi connectivity index (χ2v) is 11.2. The molecule has 0 bridgehead atoms. The Labute approximate surface area is 219 Å². The number of carbonyl (C=O) groups excluding carboxylic acids is 1. The number of thioether (sulfide) groups is 1. The topological polar surface area (TPSA) is 121 Å². The fourth-order valence-corrected chi connectivity index (χ4v) is 5.89. The Kier molecular flexibility index (Phi) is 8.43. The van der Waals surface area contributed by atoms with E-state index in [9.17, 15) is 17.6 Å². The number of amides is 1. The Morgan fingerprint density at radius 1 is 1.11 bits per heavy atom. The highest BCUT2D eigenvalue weighted by Crippen LogP contribution is 2.28. The van der Waals surface area contributed by atoms with Crippen molar-refractivity contribution in [2.75, 3.05) is 6.26 Å². The van der Waals surface area contributed by atoms with E-state index in [1.54, 1.807) is 18.2 Å². The fraction of sp³-hybridized carbons (Fsp3) is 0.269. The van der Waals surface area contributed by atoms with Crippen molar-refractivity contribution in [2.24, 2.45) is 0 Å². The zero-order chi connectivity index (χ0) is 26.4. The van der Waals surface area contributed by atoms with Crippen LogP contribution in [0.5, 0.6) is 11.6 Å². The van der Waals surface area contributed by atoms with Crippen LogP contribution in [0.2, 0.25) is 0 Å². The predicted molar refractivity (Wildman–Crippen MR) is 137 cm³/mol. The highest BCUT2D eigenvalue weighted by atomic mass is 32.2. The summed E-state index contributed by atoms with van der Waals surface area (Å²) in [4.78, 5) is 18.0. The number of carbonyl (C=O) groups is 1. The lowest BCUT2D eigenvalue weighted by atomic mass is 9.91. The minimum absolute atomic E-state index is 0.00167. The lowest BCUT2D eigenvalue weighted by Crippen LogP contribution is -2.43. The van der Waals surface area contributed by atoms with E-state index < -0.39 is 21.7 Å². The van der Waals surface area contributed by atoms with Crippen molar-refractivity contribution in [3.05, 3.63) is 77.7 Å².